The van der Waals surface area contributed by atoms with Crippen molar-refractivity contribution in [3.05, 3.63) is 59.7 Å². The molecule has 1 N–H and O–H groups in total. The normalized spacial score (nSPS) is 13.1. The molecule has 0 bridgehead atoms. The molecule has 5 nitrogen and oxygen atoms in total. The molecule has 0 saturated carbocycles. The van der Waals surface area contributed by atoms with Gasteiger partial charge in [-0.25, -0.2) is 4.79 Å². The highest BCUT2D eigenvalue weighted by molar-refractivity contribution is 6.02. The van der Waals surface area contributed by atoms with Crippen LogP contribution in [-0.4, -0.2) is 31.6 Å². The molecule has 0 aliphatic carbocycles. The maximum atomic E-state index is 12.5. The summed E-state index contributed by atoms with van der Waals surface area (Å²) in [6.45, 7) is 3.16. The Morgan fingerprint density at radius 1 is 1.12 bits per heavy atom. The molecular formula is C20H22N2O3. The highest BCUT2D eigenvalue weighted by atomic mass is 16.5. The van der Waals surface area contributed by atoms with Gasteiger partial charge in [-0.3, -0.25) is 4.79 Å². The first-order valence-corrected chi connectivity index (χ1v) is 8.58. The number of anilines is 2. The van der Waals surface area contributed by atoms with Crippen molar-refractivity contribution in [2.24, 2.45) is 0 Å². The second kappa shape index (κ2) is 7.83. The number of para-hydroxylation sites is 2. The monoisotopic (exact) mass is 338 g/mol. The summed E-state index contributed by atoms with van der Waals surface area (Å²) < 4.78 is 5.05. The molecule has 1 heterocycles. The van der Waals surface area contributed by atoms with Gasteiger partial charge in [0.1, 0.15) is 0 Å². The Morgan fingerprint density at radius 3 is 2.72 bits per heavy atom. The van der Waals surface area contributed by atoms with Gasteiger partial charge in [0.15, 0.2) is 0 Å². The van der Waals surface area contributed by atoms with E-state index in [0.29, 0.717) is 17.9 Å². The lowest BCUT2D eigenvalue weighted by Crippen LogP contribution is -2.37. The number of carbonyl (C=O) groups is 2. The lowest BCUT2D eigenvalue weighted by molar-refractivity contribution is -0.115. The standard InChI is InChI=1S/C20H22N2O3/c1-2-25-20(24)16-10-4-5-11-17(16)21-19(23)14-22-13-7-9-15-8-3-6-12-18(15)22/h3-6,8,10-12H,2,7,9,13-14H2,1H3,(H,21,23). The van der Waals surface area contributed by atoms with Crippen LogP contribution < -0.4 is 10.2 Å². The molecule has 0 atom stereocenters. The molecule has 0 fully saturated rings. The molecule has 1 aliphatic heterocycles. The minimum atomic E-state index is -0.429. The smallest absolute Gasteiger partial charge is 0.340 e. The van der Waals surface area contributed by atoms with Crippen LogP contribution in [0.4, 0.5) is 11.4 Å². The number of fused-ring (bicyclic) bond motifs is 1. The van der Waals surface area contributed by atoms with Crippen molar-refractivity contribution < 1.29 is 14.3 Å². The van der Waals surface area contributed by atoms with Crippen LogP contribution in [0.15, 0.2) is 48.5 Å². The number of amides is 1. The van der Waals surface area contributed by atoms with Crippen molar-refractivity contribution in [2.45, 2.75) is 19.8 Å². The predicted molar refractivity (Wildman–Crippen MR) is 98.0 cm³/mol. The molecule has 5 heteroatoms. The number of aryl methyl sites for hydroxylation is 1. The van der Waals surface area contributed by atoms with Crippen LogP contribution >= 0.6 is 0 Å². The Labute approximate surface area is 147 Å². The van der Waals surface area contributed by atoms with E-state index in [9.17, 15) is 9.59 Å². The fourth-order valence-electron chi connectivity index (χ4n) is 3.12. The summed E-state index contributed by atoms with van der Waals surface area (Å²) in [6, 6.07) is 15.1. The van der Waals surface area contributed by atoms with E-state index in [0.717, 1.165) is 25.1 Å². The van der Waals surface area contributed by atoms with Crippen LogP contribution in [0.5, 0.6) is 0 Å². The lowest BCUT2D eigenvalue weighted by Gasteiger charge is -2.30. The average Bonchev–Trinajstić information content (AvgIpc) is 2.62. The number of ether oxygens (including phenoxy) is 1. The number of hydrogen-bond donors (Lipinski definition) is 1. The molecule has 2 aromatic carbocycles. The fourth-order valence-corrected chi connectivity index (χ4v) is 3.12. The molecule has 0 radical (unpaired) electrons. The van der Waals surface area contributed by atoms with Crippen molar-refractivity contribution in [3.63, 3.8) is 0 Å². The fraction of sp³-hybridized carbons (Fsp3) is 0.300. The Kier molecular flexibility index (Phi) is 5.33. The summed E-state index contributed by atoms with van der Waals surface area (Å²) >= 11 is 0. The zero-order chi connectivity index (χ0) is 17.6. The minimum Gasteiger partial charge on any atom is -0.462 e. The van der Waals surface area contributed by atoms with Crippen LogP contribution in [-0.2, 0) is 16.0 Å². The molecule has 130 valence electrons. The second-order valence-electron chi connectivity index (χ2n) is 5.97. The van der Waals surface area contributed by atoms with Crippen molar-refractivity contribution in [1.82, 2.24) is 0 Å². The van der Waals surface area contributed by atoms with Gasteiger partial charge in [0, 0.05) is 12.2 Å². The van der Waals surface area contributed by atoms with Gasteiger partial charge in [-0.2, -0.15) is 0 Å². The topological polar surface area (TPSA) is 58.6 Å². The molecule has 25 heavy (non-hydrogen) atoms. The molecule has 0 aromatic heterocycles. The molecular weight excluding hydrogens is 316 g/mol. The summed E-state index contributed by atoms with van der Waals surface area (Å²) in [5.41, 5.74) is 3.24. The highest BCUT2D eigenvalue weighted by Crippen LogP contribution is 2.26. The third-order valence-corrected chi connectivity index (χ3v) is 4.24. The Bertz CT molecular complexity index is 773. The van der Waals surface area contributed by atoms with Crippen LogP contribution in [0.2, 0.25) is 0 Å². The first-order chi connectivity index (χ1) is 12.2. The van der Waals surface area contributed by atoms with Crippen LogP contribution in [0, 0.1) is 0 Å². The second-order valence-corrected chi connectivity index (χ2v) is 5.97. The number of esters is 1. The molecule has 0 saturated heterocycles. The van der Waals surface area contributed by atoms with E-state index in [2.05, 4.69) is 16.3 Å². The molecule has 1 aliphatic rings. The number of rotatable bonds is 5. The van der Waals surface area contributed by atoms with Gasteiger partial charge in [-0.1, -0.05) is 30.3 Å². The van der Waals surface area contributed by atoms with Gasteiger partial charge in [-0.15, -0.1) is 0 Å². The van der Waals surface area contributed by atoms with E-state index < -0.39 is 5.97 Å². The third kappa shape index (κ3) is 3.99. The van der Waals surface area contributed by atoms with Crippen LogP contribution in [0.25, 0.3) is 0 Å². The Morgan fingerprint density at radius 2 is 1.88 bits per heavy atom. The van der Waals surface area contributed by atoms with E-state index in [1.165, 1.54) is 5.56 Å². The molecule has 3 rings (SSSR count). The van der Waals surface area contributed by atoms with E-state index in [4.69, 9.17) is 4.74 Å². The maximum Gasteiger partial charge on any atom is 0.340 e. The minimum absolute atomic E-state index is 0.145. The SMILES string of the molecule is CCOC(=O)c1ccccc1NC(=O)CN1CCCc2ccccc21. The molecule has 0 spiro atoms. The van der Waals surface area contributed by atoms with Gasteiger partial charge < -0.3 is 15.0 Å². The van der Waals surface area contributed by atoms with E-state index >= 15 is 0 Å². The number of nitrogens with one attached hydrogen (secondary N) is 1. The number of hydrogen-bond acceptors (Lipinski definition) is 4. The van der Waals surface area contributed by atoms with Gasteiger partial charge in [0.25, 0.3) is 0 Å². The first kappa shape index (κ1) is 17.0. The van der Waals surface area contributed by atoms with Gasteiger partial charge >= 0.3 is 5.97 Å². The summed E-state index contributed by atoms with van der Waals surface area (Å²) in [4.78, 5) is 26.6. The van der Waals surface area contributed by atoms with E-state index in [1.54, 1.807) is 31.2 Å². The number of nitrogens with zero attached hydrogens (tertiary/aromatic N) is 1. The zero-order valence-corrected chi connectivity index (χ0v) is 14.3. The summed E-state index contributed by atoms with van der Waals surface area (Å²) in [7, 11) is 0. The van der Waals surface area contributed by atoms with Crippen molar-refractivity contribution >= 4 is 23.3 Å². The summed E-state index contributed by atoms with van der Waals surface area (Å²) in [6.07, 6.45) is 2.07. The summed E-state index contributed by atoms with van der Waals surface area (Å²) in [5.74, 6) is -0.574. The molecule has 2 aromatic rings. The Hall–Kier alpha value is -2.82. The quantitative estimate of drug-likeness (QED) is 0.850. The van der Waals surface area contributed by atoms with E-state index in [1.807, 2.05) is 18.2 Å². The molecule has 1 amide bonds. The summed E-state index contributed by atoms with van der Waals surface area (Å²) in [5, 5.41) is 2.85. The third-order valence-electron chi connectivity index (χ3n) is 4.24. The number of benzene rings is 2. The largest absolute Gasteiger partial charge is 0.462 e. The molecule has 0 unspecified atom stereocenters. The van der Waals surface area contributed by atoms with Crippen LogP contribution in [0.3, 0.4) is 0 Å². The Balaban J connectivity index is 1.71. The van der Waals surface area contributed by atoms with Crippen molar-refractivity contribution in [3.8, 4) is 0 Å². The van der Waals surface area contributed by atoms with Gasteiger partial charge in [0.2, 0.25) is 5.91 Å². The number of carbonyl (C=O) groups excluding carboxylic acids is 2. The van der Waals surface area contributed by atoms with Gasteiger partial charge in [0.05, 0.1) is 24.4 Å². The predicted octanol–water partition coefficient (Wildman–Crippen LogP) is 3.25. The highest BCUT2D eigenvalue weighted by Gasteiger charge is 2.20. The zero-order valence-electron chi connectivity index (χ0n) is 14.3. The van der Waals surface area contributed by atoms with E-state index in [-0.39, 0.29) is 12.5 Å². The maximum absolute atomic E-state index is 12.5. The lowest BCUT2D eigenvalue weighted by atomic mass is 10.0. The van der Waals surface area contributed by atoms with Crippen molar-refractivity contribution in [2.75, 3.05) is 29.9 Å². The van der Waals surface area contributed by atoms with Crippen molar-refractivity contribution in [1.29, 1.82) is 0 Å². The van der Waals surface area contributed by atoms with Crippen LogP contribution in [0.1, 0.15) is 29.3 Å². The average molecular weight is 338 g/mol. The van der Waals surface area contributed by atoms with Gasteiger partial charge in [-0.05, 0) is 43.5 Å². The first-order valence-electron chi connectivity index (χ1n) is 8.58.